The minimum Gasteiger partial charge on any atom is -0.398 e. The monoisotopic (exact) mass is 321 g/mol. The number of nitrogens with zero attached hydrogens (tertiary/aromatic N) is 4. The third-order valence-electron chi connectivity index (χ3n) is 2.13. The third-order valence-corrected chi connectivity index (χ3v) is 3.02. The van der Waals surface area contributed by atoms with E-state index < -0.39 is 12.7 Å². The van der Waals surface area contributed by atoms with Crippen molar-refractivity contribution in [3.8, 4) is 11.4 Å². The second kappa shape index (κ2) is 4.56. The highest BCUT2D eigenvalue weighted by atomic mass is 79.9. The van der Waals surface area contributed by atoms with Crippen molar-refractivity contribution in [2.24, 2.45) is 0 Å². The van der Waals surface area contributed by atoms with Gasteiger partial charge in [-0.1, -0.05) is 6.07 Å². The minimum absolute atomic E-state index is 0.00602. The third kappa shape index (κ3) is 2.61. The fraction of sp³-hybridized carbons (Fsp3) is 0.222. The molecule has 18 heavy (non-hydrogen) atoms. The quantitative estimate of drug-likeness (QED) is 0.861. The van der Waals surface area contributed by atoms with Crippen molar-refractivity contribution < 1.29 is 13.2 Å². The van der Waals surface area contributed by atoms with E-state index in [4.69, 9.17) is 5.73 Å². The Morgan fingerprint density at radius 3 is 2.72 bits per heavy atom. The summed E-state index contributed by atoms with van der Waals surface area (Å²) >= 11 is 3.20. The molecule has 0 aliphatic carbocycles. The van der Waals surface area contributed by atoms with Crippen molar-refractivity contribution in [3.63, 3.8) is 0 Å². The first-order valence-electron chi connectivity index (χ1n) is 4.76. The summed E-state index contributed by atoms with van der Waals surface area (Å²) in [6, 6.07) is 4.81. The molecule has 0 fully saturated rings. The summed E-state index contributed by atoms with van der Waals surface area (Å²) in [4.78, 5) is 0. The van der Waals surface area contributed by atoms with Crippen molar-refractivity contribution >= 4 is 21.6 Å². The van der Waals surface area contributed by atoms with Crippen LogP contribution in [0.5, 0.6) is 0 Å². The van der Waals surface area contributed by atoms with E-state index in [2.05, 4.69) is 31.5 Å². The second-order valence-electron chi connectivity index (χ2n) is 3.48. The van der Waals surface area contributed by atoms with Crippen molar-refractivity contribution in [2.75, 3.05) is 5.73 Å². The summed E-state index contributed by atoms with van der Waals surface area (Å²) in [5, 5.41) is 10.2. The average Bonchev–Trinajstić information content (AvgIpc) is 2.67. The lowest BCUT2D eigenvalue weighted by molar-refractivity contribution is -0.142. The molecule has 0 amide bonds. The zero-order chi connectivity index (χ0) is 13.3. The van der Waals surface area contributed by atoms with Gasteiger partial charge in [0, 0.05) is 11.3 Å². The van der Waals surface area contributed by atoms with Crippen molar-refractivity contribution in [1.82, 2.24) is 20.2 Å². The number of aromatic nitrogens is 4. The first-order valence-corrected chi connectivity index (χ1v) is 5.55. The van der Waals surface area contributed by atoms with Crippen molar-refractivity contribution in [3.05, 3.63) is 22.7 Å². The van der Waals surface area contributed by atoms with E-state index in [0.29, 0.717) is 20.4 Å². The molecule has 2 rings (SSSR count). The zero-order valence-corrected chi connectivity index (χ0v) is 10.4. The van der Waals surface area contributed by atoms with Crippen molar-refractivity contribution in [1.29, 1.82) is 0 Å². The van der Waals surface area contributed by atoms with Crippen LogP contribution < -0.4 is 5.73 Å². The van der Waals surface area contributed by atoms with Gasteiger partial charge in [-0.2, -0.15) is 13.2 Å². The molecule has 0 bridgehead atoms. The summed E-state index contributed by atoms with van der Waals surface area (Å²) in [5.74, 6) is 0.00602. The van der Waals surface area contributed by atoms with Crippen LogP contribution in [0, 0.1) is 0 Å². The molecule has 1 aromatic heterocycles. The summed E-state index contributed by atoms with van der Waals surface area (Å²) in [6.07, 6.45) is -4.39. The highest BCUT2D eigenvalue weighted by Gasteiger charge is 2.30. The molecule has 0 saturated carbocycles. The fourth-order valence-corrected chi connectivity index (χ4v) is 1.84. The standard InChI is InChI=1S/C9H7BrF3N5/c10-7-5(2-1-3-6(7)14)8-15-16-17-18(8)4-9(11,12)13/h1-3H,4,14H2. The first kappa shape index (κ1) is 12.8. The van der Waals surface area contributed by atoms with Crippen LogP contribution in [0.2, 0.25) is 0 Å². The van der Waals surface area contributed by atoms with E-state index in [1.807, 2.05) is 0 Å². The number of hydrogen-bond donors (Lipinski definition) is 1. The van der Waals surface area contributed by atoms with Gasteiger partial charge in [-0.15, -0.1) is 5.10 Å². The van der Waals surface area contributed by atoms with E-state index in [-0.39, 0.29) is 5.82 Å². The Balaban J connectivity index is 2.46. The minimum atomic E-state index is -4.39. The molecule has 96 valence electrons. The molecular weight excluding hydrogens is 315 g/mol. The van der Waals surface area contributed by atoms with Gasteiger partial charge in [-0.25, -0.2) is 4.68 Å². The molecule has 0 atom stereocenters. The number of rotatable bonds is 2. The highest BCUT2D eigenvalue weighted by molar-refractivity contribution is 9.10. The Morgan fingerprint density at radius 2 is 2.06 bits per heavy atom. The number of nitrogens with two attached hydrogens (primary N) is 1. The lowest BCUT2D eigenvalue weighted by Crippen LogP contribution is -2.19. The summed E-state index contributed by atoms with van der Waals surface area (Å²) in [5.41, 5.74) is 6.46. The van der Waals surface area contributed by atoms with E-state index in [0.717, 1.165) is 0 Å². The van der Waals surface area contributed by atoms with Crippen LogP contribution in [-0.4, -0.2) is 26.4 Å². The van der Waals surface area contributed by atoms with Gasteiger partial charge < -0.3 is 5.73 Å². The molecule has 2 N–H and O–H groups in total. The number of nitrogen functional groups attached to an aromatic ring is 1. The SMILES string of the molecule is Nc1cccc(-c2nnnn2CC(F)(F)F)c1Br. The van der Waals surface area contributed by atoms with Gasteiger partial charge >= 0.3 is 6.18 Å². The van der Waals surface area contributed by atoms with Crippen LogP contribution in [0.1, 0.15) is 0 Å². The van der Waals surface area contributed by atoms with Gasteiger partial charge in [0.25, 0.3) is 0 Å². The molecule has 1 aromatic carbocycles. The second-order valence-corrected chi connectivity index (χ2v) is 4.28. The Kier molecular flexibility index (Phi) is 3.24. The number of tetrazole rings is 1. The lowest BCUT2D eigenvalue weighted by Gasteiger charge is -2.09. The van der Waals surface area contributed by atoms with Gasteiger partial charge in [0.1, 0.15) is 6.54 Å². The molecule has 0 spiro atoms. The molecule has 9 heteroatoms. The van der Waals surface area contributed by atoms with Crippen LogP contribution >= 0.6 is 15.9 Å². The van der Waals surface area contributed by atoms with Crippen LogP contribution in [0.3, 0.4) is 0 Å². The molecule has 0 saturated heterocycles. The summed E-state index contributed by atoms with van der Waals surface area (Å²) < 4.78 is 38.2. The van der Waals surface area contributed by atoms with Crippen molar-refractivity contribution in [2.45, 2.75) is 12.7 Å². The molecule has 0 radical (unpaired) electrons. The van der Waals surface area contributed by atoms with E-state index in [1.165, 1.54) is 0 Å². The number of benzene rings is 1. The topological polar surface area (TPSA) is 69.6 Å². The maximum Gasteiger partial charge on any atom is 0.408 e. The summed E-state index contributed by atoms with van der Waals surface area (Å²) in [7, 11) is 0. The molecule has 5 nitrogen and oxygen atoms in total. The highest BCUT2D eigenvalue weighted by Crippen LogP contribution is 2.31. The summed E-state index contributed by atoms with van der Waals surface area (Å²) in [6.45, 7) is -1.25. The number of anilines is 1. The van der Waals surface area contributed by atoms with Gasteiger partial charge in [0.2, 0.25) is 0 Å². The van der Waals surface area contributed by atoms with Gasteiger partial charge in [-0.3, -0.25) is 0 Å². The Bertz CT molecular complexity index is 566. The Labute approximate surface area is 108 Å². The van der Waals surface area contributed by atoms with Crippen LogP contribution in [0.4, 0.5) is 18.9 Å². The van der Waals surface area contributed by atoms with E-state index in [9.17, 15) is 13.2 Å². The zero-order valence-electron chi connectivity index (χ0n) is 8.82. The molecule has 2 aromatic rings. The van der Waals surface area contributed by atoms with Gasteiger partial charge in [0.05, 0.1) is 4.47 Å². The fourth-order valence-electron chi connectivity index (χ4n) is 1.40. The molecule has 1 heterocycles. The predicted molar refractivity (Wildman–Crippen MR) is 61.4 cm³/mol. The maximum absolute atomic E-state index is 12.3. The Hall–Kier alpha value is -1.64. The van der Waals surface area contributed by atoms with E-state index in [1.54, 1.807) is 18.2 Å². The van der Waals surface area contributed by atoms with Gasteiger partial charge in [-0.05, 0) is 38.5 Å². The van der Waals surface area contributed by atoms with Gasteiger partial charge in [0.15, 0.2) is 5.82 Å². The van der Waals surface area contributed by atoms with Crippen LogP contribution in [-0.2, 0) is 6.54 Å². The number of alkyl halides is 3. The van der Waals surface area contributed by atoms with Crippen LogP contribution in [0.15, 0.2) is 22.7 Å². The maximum atomic E-state index is 12.3. The predicted octanol–water partition coefficient (Wildman–Crippen LogP) is 2.25. The first-order chi connectivity index (χ1) is 8.38. The number of halogens is 4. The molecular formula is C9H7BrF3N5. The smallest absolute Gasteiger partial charge is 0.398 e. The van der Waals surface area contributed by atoms with E-state index >= 15 is 0 Å². The van der Waals surface area contributed by atoms with Crippen LogP contribution in [0.25, 0.3) is 11.4 Å². The largest absolute Gasteiger partial charge is 0.408 e. The number of hydrogen-bond acceptors (Lipinski definition) is 4. The average molecular weight is 322 g/mol. The molecule has 0 aliphatic rings. The normalized spacial score (nSPS) is 11.8. The Morgan fingerprint density at radius 1 is 1.33 bits per heavy atom. The lowest BCUT2D eigenvalue weighted by atomic mass is 10.2. The molecule has 0 unspecified atom stereocenters. The molecule has 0 aliphatic heterocycles.